The minimum Gasteiger partial charge on any atom is -0.481 e. The molecule has 1 fully saturated rings. The van der Waals surface area contributed by atoms with Crippen molar-refractivity contribution in [3.8, 4) is 0 Å². The fourth-order valence-corrected chi connectivity index (χ4v) is 2.15. The highest BCUT2D eigenvalue weighted by molar-refractivity contribution is 5.83. The van der Waals surface area contributed by atoms with Crippen LogP contribution in [0.15, 0.2) is 30.3 Å². The largest absolute Gasteiger partial charge is 0.481 e. The van der Waals surface area contributed by atoms with E-state index in [0.717, 1.165) is 18.4 Å². The number of carboxylic acid groups (broad SMARTS) is 1. The Balaban J connectivity index is 2.10. The first-order valence-electron chi connectivity index (χ1n) is 6.85. The molecule has 1 aromatic carbocycles. The molecule has 1 amide bonds. The summed E-state index contributed by atoms with van der Waals surface area (Å²) in [4.78, 5) is 24.9. The van der Waals surface area contributed by atoms with Gasteiger partial charge in [-0.1, -0.05) is 30.3 Å². The number of hydrogen-bond donors (Lipinski definition) is 2. The first kappa shape index (κ1) is 14.5. The summed E-state index contributed by atoms with van der Waals surface area (Å²) in [6, 6.07) is 9.33. The quantitative estimate of drug-likeness (QED) is 0.790. The summed E-state index contributed by atoms with van der Waals surface area (Å²) in [6.45, 7) is 0.340. The van der Waals surface area contributed by atoms with Gasteiger partial charge in [-0.2, -0.15) is 0 Å². The van der Waals surface area contributed by atoms with Gasteiger partial charge in [0.1, 0.15) is 6.04 Å². The normalized spacial score (nSPS) is 15.9. The zero-order chi connectivity index (χ0) is 14.5. The Kier molecular flexibility index (Phi) is 4.74. The van der Waals surface area contributed by atoms with Gasteiger partial charge in [0.15, 0.2) is 0 Å². The van der Waals surface area contributed by atoms with E-state index in [4.69, 9.17) is 5.11 Å². The number of amides is 1. The summed E-state index contributed by atoms with van der Waals surface area (Å²) in [5, 5.41) is 11.8. The van der Waals surface area contributed by atoms with Crippen LogP contribution in [-0.4, -0.2) is 41.5 Å². The van der Waals surface area contributed by atoms with Crippen molar-refractivity contribution in [3.63, 3.8) is 0 Å². The van der Waals surface area contributed by atoms with E-state index in [2.05, 4.69) is 5.32 Å². The van der Waals surface area contributed by atoms with Crippen molar-refractivity contribution in [1.82, 2.24) is 10.2 Å². The van der Waals surface area contributed by atoms with Crippen molar-refractivity contribution in [2.75, 3.05) is 13.6 Å². The summed E-state index contributed by atoms with van der Waals surface area (Å²) in [5.41, 5.74) is 0.888. The van der Waals surface area contributed by atoms with Crippen LogP contribution < -0.4 is 5.32 Å². The topological polar surface area (TPSA) is 69.6 Å². The van der Waals surface area contributed by atoms with Gasteiger partial charge in [0.2, 0.25) is 5.91 Å². The Morgan fingerprint density at radius 2 is 2.00 bits per heavy atom. The van der Waals surface area contributed by atoms with Gasteiger partial charge in [-0.15, -0.1) is 0 Å². The number of carbonyl (C=O) groups is 2. The summed E-state index contributed by atoms with van der Waals surface area (Å²) in [5.74, 6) is -0.905. The molecule has 0 spiro atoms. The van der Waals surface area contributed by atoms with E-state index >= 15 is 0 Å². The number of nitrogens with one attached hydrogen (secondary N) is 1. The molecule has 0 saturated heterocycles. The zero-order valence-corrected chi connectivity index (χ0v) is 11.6. The van der Waals surface area contributed by atoms with Gasteiger partial charge in [-0.3, -0.25) is 14.5 Å². The molecule has 20 heavy (non-hydrogen) atoms. The second kappa shape index (κ2) is 6.52. The molecule has 0 bridgehead atoms. The maximum Gasteiger partial charge on any atom is 0.304 e. The average molecular weight is 276 g/mol. The molecular weight excluding hydrogens is 256 g/mol. The number of hydrogen-bond acceptors (Lipinski definition) is 3. The van der Waals surface area contributed by atoms with Crippen molar-refractivity contribution >= 4 is 11.9 Å². The van der Waals surface area contributed by atoms with Crippen LogP contribution in [-0.2, 0) is 9.59 Å². The van der Waals surface area contributed by atoms with Crippen LogP contribution in [0, 0.1) is 0 Å². The van der Waals surface area contributed by atoms with E-state index in [0.29, 0.717) is 12.6 Å². The number of rotatable bonds is 7. The van der Waals surface area contributed by atoms with E-state index in [1.54, 1.807) is 11.9 Å². The number of likely N-dealkylation sites (N-methyl/N-ethyl adjacent to an activating group) is 1. The highest BCUT2D eigenvalue weighted by Crippen LogP contribution is 2.24. The highest BCUT2D eigenvalue weighted by Gasteiger charge is 2.30. The molecule has 1 unspecified atom stereocenters. The van der Waals surface area contributed by atoms with Crippen LogP contribution >= 0.6 is 0 Å². The minimum absolute atomic E-state index is 0.0243. The van der Waals surface area contributed by atoms with Gasteiger partial charge in [-0.05, 0) is 25.5 Å². The standard InChI is InChI=1S/C15H20N2O3/c1-17(10-9-13(18)19)14(11-5-3-2-4-6-11)15(20)16-12-7-8-12/h2-6,12,14H,7-10H2,1H3,(H,16,20)(H,18,19). The summed E-state index contributed by atoms with van der Waals surface area (Å²) < 4.78 is 0. The van der Waals surface area contributed by atoms with Gasteiger partial charge >= 0.3 is 5.97 Å². The van der Waals surface area contributed by atoms with Crippen LogP contribution in [0.4, 0.5) is 0 Å². The Labute approximate surface area is 118 Å². The third-order valence-electron chi connectivity index (χ3n) is 3.41. The lowest BCUT2D eigenvalue weighted by molar-refractivity contribution is -0.138. The molecule has 0 aliphatic heterocycles. The first-order chi connectivity index (χ1) is 9.58. The minimum atomic E-state index is -0.855. The van der Waals surface area contributed by atoms with Crippen LogP contribution in [0.1, 0.15) is 30.9 Å². The molecule has 2 rings (SSSR count). The lowest BCUT2D eigenvalue weighted by atomic mass is 10.0. The number of carboxylic acids is 1. The average Bonchev–Trinajstić information content (AvgIpc) is 3.21. The molecule has 1 atom stereocenters. The molecule has 5 heteroatoms. The van der Waals surface area contributed by atoms with Gasteiger partial charge in [0.05, 0.1) is 6.42 Å². The Bertz CT molecular complexity index is 471. The second-order valence-electron chi connectivity index (χ2n) is 5.22. The molecule has 1 aliphatic carbocycles. The molecular formula is C15H20N2O3. The van der Waals surface area contributed by atoms with E-state index < -0.39 is 12.0 Å². The molecule has 2 N–H and O–H groups in total. The van der Waals surface area contributed by atoms with E-state index in [1.165, 1.54) is 0 Å². The lowest BCUT2D eigenvalue weighted by Gasteiger charge is -2.27. The highest BCUT2D eigenvalue weighted by atomic mass is 16.4. The maximum absolute atomic E-state index is 12.4. The van der Waals surface area contributed by atoms with Crippen LogP contribution in [0.25, 0.3) is 0 Å². The van der Waals surface area contributed by atoms with E-state index in [-0.39, 0.29) is 12.3 Å². The van der Waals surface area contributed by atoms with Crippen LogP contribution in [0.5, 0.6) is 0 Å². The number of benzene rings is 1. The van der Waals surface area contributed by atoms with Crippen molar-refractivity contribution in [2.45, 2.75) is 31.3 Å². The van der Waals surface area contributed by atoms with Gasteiger partial charge < -0.3 is 10.4 Å². The van der Waals surface area contributed by atoms with Crippen molar-refractivity contribution in [1.29, 1.82) is 0 Å². The van der Waals surface area contributed by atoms with Crippen molar-refractivity contribution in [2.24, 2.45) is 0 Å². The molecule has 1 aliphatic rings. The Hall–Kier alpha value is -1.88. The summed E-state index contributed by atoms with van der Waals surface area (Å²) >= 11 is 0. The third kappa shape index (κ3) is 4.06. The monoisotopic (exact) mass is 276 g/mol. The fourth-order valence-electron chi connectivity index (χ4n) is 2.15. The third-order valence-corrected chi connectivity index (χ3v) is 3.41. The Morgan fingerprint density at radius 1 is 1.35 bits per heavy atom. The van der Waals surface area contributed by atoms with Crippen LogP contribution in [0.2, 0.25) is 0 Å². The molecule has 1 aromatic rings. The molecule has 0 heterocycles. The van der Waals surface area contributed by atoms with Crippen molar-refractivity contribution < 1.29 is 14.7 Å². The second-order valence-corrected chi connectivity index (χ2v) is 5.22. The molecule has 108 valence electrons. The Morgan fingerprint density at radius 3 is 2.55 bits per heavy atom. The maximum atomic E-state index is 12.4. The van der Waals surface area contributed by atoms with E-state index in [1.807, 2.05) is 30.3 Å². The van der Waals surface area contributed by atoms with Crippen molar-refractivity contribution in [3.05, 3.63) is 35.9 Å². The lowest BCUT2D eigenvalue weighted by Crippen LogP contribution is -2.40. The molecule has 5 nitrogen and oxygen atoms in total. The summed E-state index contributed by atoms with van der Waals surface area (Å²) in [7, 11) is 1.78. The SMILES string of the molecule is CN(CCC(=O)O)C(C(=O)NC1CC1)c1ccccc1. The number of nitrogens with zero attached hydrogens (tertiary/aromatic N) is 1. The number of carbonyl (C=O) groups excluding carboxylic acids is 1. The van der Waals surface area contributed by atoms with Crippen LogP contribution in [0.3, 0.4) is 0 Å². The van der Waals surface area contributed by atoms with Gasteiger partial charge in [0, 0.05) is 12.6 Å². The predicted molar refractivity (Wildman–Crippen MR) is 75.2 cm³/mol. The molecule has 0 radical (unpaired) electrons. The first-order valence-corrected chi connectivity index (χ1v) is 6.85. The number of aliphatic carboxylic acids is 1. The predicted octanol–water partition coefficient (Wildman–Crippen LogP) is 1.41. The summed E-state index contributed by atoms with van der Waals surface area (Å²) in [6.07, 6.45) is 2.09. The molecule has 0 aromatic heterocycles. The van der Waals surface area contributed by atoms with E-state index in [9.17, 15) is 9.59 Å². The molecule has 1 saturated carbocycles. The van der Waals surface area contributed by atoms with Gasteiger partial charge in [-0.25, -0.2) is 0 Å². The smallest absolute Gasteiger partial charge is 0.304 e. The van der Waals surface area contributed by atoms with Gasteiger partial charge in [0.25, 0.3) is 0 Å². The fraction of sp³-hybridized carbons (Fsp3) is 0.467. The zero-order valence-electron chi connectivity index (χ0n) is 11.6.